The fraction of sp³-hybridized carbons (Fsp3) is 0.125. The van der Waals surface area contributed by atoms with Gasteiger partial charge in [0, 0.05) is 16.0 Å². The third-order valence-corrected chi connectivity index (χ3v) is 3.94. The van der Waals surface area contributed by atoms with E-state index < -0.39 is 0 Å². The molecule has 3 aromatic rings. The third kappa shape index (κ3) is 2.70. The van der Waals surface area contributed by atoms with E-state index >= 15 is 0 Å². The number of nitrogens with one attached hydrogen (secondary N) is 1. The molecule has 0 saturated carbocycles. The quantitative estimate of drug-likeness (QED) is 0.794. The topological polar surface area (TPSA) is 42.0 Å². The molecule has 4 heteroatoms. The molecule has 0 fully saturated rings. The van der Waals surface area contributed by atoms with Crippen LogP contribution in [-0.4, -0.2) is 10.9 Å². The van der Waals surface area contributed by atoms with Crippen molar-refractivity contribution in [1.82, 2.24) is 4.98 Å². The van der Waals surface area contributed by atoms with Crippen molar-refractivity contribution in [2.75, 3.05) is 5.32 Å². The maximum absolute atomic E-state index is 12.1. The lowest BCUT2D eigenvalue weighted by Crippen LogP contribution is -2.14. The fourth-order valence-corrected chi connectivity index (χ4v) is 2.84. The second kappa shape index (κ2) is 5.43. The van der Waals surface area contributed by atoms with Crippen LogP contribution in [0.2, 0.25) is 0 Å². The van der Waals surface area contributed by atoms with Gasteiger partial charge in [-0.25, -0.2) is 0 Å². The van der Waals surface area contributed by atoms with Gasteiger partial charge in [0.05, 0.1) is 17.6 Å². The maximum Gasteiger partial charge on any atom is 0.229 e. The largest absolute Gasteiger partial charge is 0.325 e. The van der Waals surface area contributed by atoms with Gasteiger partial charge < -0.3 is 5.32 Å². The van der Waals surface area contributed by atoms with Crippen molar-refractivity contribution in [2.24, 2.45) is 0 Å². The number of nitrogens with zero attached hydrogens (tertiary/aromatic N) is 1. The van der Waals surface area contributed by atoms with Crippen LogP contribution in [0.4, 0.5) is 5.69 Å². The van der Waals surface area contributed by atoms with E-state index in [4.69, 9.17) is 0 Å². The highest BCUT2D eigenvalue weighted by molar-refractivity contribution is 7.10. The van der Waals surface area contributed by atoms with E-state index in [9.17, 15) is 4.79 Å². The number of carbonyl (C=O) groups is 1. The van der Waals surface area contributed by atoms with Gasteiger partial charge in [0.15, 0.2) is 0 Å². The van der Waals surface area contributed by atoms with Crippen molar-refractivity contribution < 1.29 is 4.79 Å². The number of aryl methyl sites for hydroxylation is 1. The van der Waals surface area contributed by atoms with Gasteiger partial charge in [-0.05, 0) is 42.6 Å². The number of thiophene rings is 1. The Morgan fingerprint density at radius 2 is 2.10 bits per heavy atom. The van der Waals surface area contributed by atoms with Gasteiger partial charge in [-0.15, -0.1) is 11.3 Å². The first kappa shape index (κ1) is 12.8. The monoisotopic (exact) mass is 282 g/mol. The Morgan fingerprint density at radius 3 is 2.90 bits per heavy atom. The second-order valence-electron chi connectivity index (χ2n) is 4.63. The Labute approximate surface area is 121 Å². The molecular formula is C16H14N2OS. The molecule has 3 nitrogen and oxygen atoms in total. The summed E-state index contributed by atoms with van der Waals surface area (Å²) >= 11 is 1.59. The average molecular weight is 282 g/mol. The molecule has 20 heavy (non-hydrogen) atoms. The van der Waals surface area contributed by atoms with Crippen LogP contribution >= 0.6 is 11.3 Å². The lowest BCUT2D eigenvalue weighted by atomic mass is 10.1. The van der Waals surface area contributed by atoms with Crippen LogP contribution in [0.25, 0.3) is 10.9 Å². The SMILES string of the molecule is Cc1ccc2c(NC(=O)Cc3cccs3)cccc2n1. The number of hydrogen-bond acceptors (Lipinski definition) is 3. The molecule has 2 heterocycles. The van der Waals surface area contributed by atoms with Crippen LogP contribution in [0.5, 0.6) is 0 Å². The van der Waals surface area contributed by atoms with E-state index in [1.54, 1.807) is 11.3 Å². The van der Waals surface area contributed by atoms with Crippen molar-refractivity contribution in [3.8, 4) is 0 Å². The summed E-state index contributed by atoms with van der Waals surface area (Å²) in [5, 5.41) is 5.92. The highest BCUT2D eigenvalue weighted by atomic mass is 32.1. The van der Waals surface area contributed by atoms with Gasteiger partial charge in [0.25, 0.3) is 0 Å². The predicted molar refractivity (Wildman–Crippen MR) is 83.1 cm³/mol. The second-order valence-corrected chi connectivity index (χ2v) is 5.66. The van der Waals surface area contributed by atoms with Gasteiger partial charge >= 0.3 is 0 Å². The summed E-state index contributed by atoms with van der Waals surface area (Å²) in [4.78, 5) is 17.6. The van der Waals surface area contributed by atoms with E-state index in [2.05, 4.69) is 10.3 Å². The Hall–Kier alpha value is -2.20. The zero-order chi connectivity index (χ0) is 13.9. The summed E-state index contributed by atoms with van der Waals surface area (Å²) in [7, 11) is 0. The molecule has 0 aliphatic carbocycles. The van der Waals surface area contributed by atoms with Gasteiger partial charge in [0.2, 0.25) is 5.91 Å². The summed E-state index contributed by atoms with van der Waals surface area (Å²) in [5.74, 6) is 0.000486. The van der Waals surface area contributed by atoms with Gasteiger partial charge in [-0.3, -0.25) is 9.78 Å². The normalized spacial score (nSPS) is 10.7. The molecule has 1 amide bonds. The first-order chi connectivity index (χ1) is 9.72. The van der Waals surface area contributed by atoms with E-state index in [-0.39, 0.29) is 5.91 Å². The van der Waals surface area contributed by atoms with Crippen molar-refractivity contribution in [2.45, 2.75) is 13.3 Å². The number of hydrogen-bond donors (Lipinski definition) is 1. The van der Waals surface area contributed by atoms with E-state index in [1.165, 1.54) is 0 Å². The molecular weight excluding hydrogens is 268 g/mol. The van der Waals surface area contributed by atoms with E-state index in [0.717, 1.165) is 27.2 Å². The van der Waals surface area contributed by atoms with Crippen LogP contribution in [-0.2, 0) is 11.2 Å². The molecule has 0 saturated heterocycles. The lowest BCUT2D eigenvalue weighted by Gasteiger charge is -2.08. The van der Waals surface area contributed by atoms with E-state index in [1.807, 2.05) is 54.8 Å². The van der Waals surface area contributed by atoms with Crippen LogP contribution in [0, 0.1) is 6.92 Å². The predicted octanol–water partition coefficient (Wildman–Crippen LogP) is 3.79. The zero-order valence-electron chi connectivity index (χ0n) is 11.1. The van der Waals surface area contributed by atoms with Crippen LogP contribution in [0.15, 0.2) is 47.8 Å². The Bertz CT molecular complexity index is 750. The smallest absolute Gasteiger partial charge is 0.229 e. The van der Waals surface area contributed by atoms with Crippen molar-refractivity contribution in [1.29, 1.82) is 0 Å². The number of pyridine rings is 1. The number of rotatable bonds is 3. The molecule has 0 unspecified atom stereocenters. The number of benzene rings is 1. The van der Waals surface area contributed by atoms with Gasteiger partial charge in [-0.1, -0.05) is 12.1 Å². The highest BCUT2D eigenvalue weighted by Crippen LogP contribution is 2.22. The van der Waals surface area contributed by atoms with Crippen LogP contribution in [0.3, 0.4) is 0 Å². The van der Waals surface area contributed by atoms with E-state index in [0.29, 0.717) is 6.42 Å². The summed E-state index contributed by atoms with van der Waals surface area (Å²) in [6.45, 7) is 1.96. The molecule has 0 aliphatic rings. The zero-order valence-corrected chi connectivity index (χ0v) is 11.9. The Morgan fingerprint density at radius 1 is 1.20 bits per heavy atom. The lowest BCUT2D eigenvalue weighted by molar-refractivity contribution is -0.115. The van der Waals surface area contributed by atoms with Crippen molar-refractivity contribution >= 4 is 33.8 Å². The van der Waals surface area contributed by atoms with Crippen LogP contribution in [0.1, 0.15) is 10.6 Å². The number of fused-ring (bicyclic) bond motifs is 1. The molecule has 0 bridgehead atoms. The van der Waals surface area contributed by atoms with Gasteiger partial charge in [-0.2, -0.15) is 0 Å². The number of amides is 1. The molecule has 2 aromatic heterocycles. The standard InChI is InChI=1S/C16H14N2OS/c1-11-7-8-13-14(17-11)5-2-6-15(13)18-16(19)10-12-4-3-9-20-12/h2-9H,10H2,1H3,(H,18,19). The number of aromatic nitrogens is 1. The minimum Gasteiger partial charge on any atom is -0.325 e. The minimum absolute atomic E-state index is 0.000486. The average Bonchev–Trinajstić information content (AvgIpc) is 2.91. The molecule has 0 spiro atoms. The summed E-state index contributed by atoms with van der Waals surface area (Å²) in [6, 6.07) is 13.7. The summed E-state index contributed by atoms with van der Waals surface area (Å²) in [6.07, 6.45) is 0.410. The number of anilines is 1. The van der Waals surface area contributed by atoms with Gasteiger partial charge in [0.1, 0.15) is 0 Å². The molecule has 3 rings (SSSR count). The molecule has 0 radical (unpaired) electrons. The first-order valence-corrected chi connectivity index (χ1v) is 7.29. The fourth-order valence-electron chi connectivity index (χ4n) is 2.13. The molecule has 0 aliphatic heterocycles. The maximum atomic E-state index is 12.1. The number of carbonyl (C=O) groups excluding carboxylic acids is 1. The van der Waals surface area contributed by atoms with Crippen molar-refractivity contribution in [3.63, 3.8) is 0 Å². The minimum atomic E-state index is 0.000486. The Balaban J connectivity index is 1.85. The first-order valence-electron chi connectivity index (χ1n) is 6.41. The summed E-state index contributed by atoms with van der Waals surface area (Å²) in [5.41, 5.74) is 2.69. The third-order valence-electron chi connectivity index (χ3n) is 3.06. The van der Waals surface area contributed by atoms with Crippen LogP contribution < -0.4 is 5.32 Å². The highest BCUT2D eigenvalue weighted by Gasteiger charge is 2.08. The molecule has 1 aromatic carbocycles. The van der Waals surface area contributed by atoms with Crippen molar-refractivity contribution in [3.05, 3.63) is 58.4 Å². The molecule has 0 atom stereocenters. The molecule has 1 N–H and O–H groups in total. The molecule has 100 valence electrons. The Kier molecular flexibility index (Phi) is 3.48. The summed E-state index contributed by atoms with van der Waals surface area (Å²) < 4.78 is 0.